The van der Waals surface area contributed by atoms with E-state index < -0.39 is 11.9 Å². The second kappa shape index (κ2) is 6.90. The molecule has 0 saturated heterocycles. The standard InChI is InChI=1S/C13H12BrNO4/c1-2-3-4-19-13(18)10-5-8(7-15)11(14)6-9(10)12(16)17/h5-6H,2-4H2,1H3,(H,16,17). The monoisotopic (exact) mass is 325 g/mol. The maximum Gasteiger partial charge on any atom is 0.339 e. The summed E-state index contributed by atoms with van der Waals surface area (Å²) < 4.78 is 5.30. The summed E-state index contributed by atoms with van der Waals surface area (Å²) in [5, 5.41) is 18.0. The molecule has 0 aromatic heterocycles. The zero-order chi connectivity index (χ0) is 14.4. The van der Waals surface area contributed by atoms with Gasteiger partial charge < -0.3 is 9.84 Å². The summed E-state index contributed by atoms with van der Waals surface area (Å²) in [6.45, 7) is 2.18. The van der Waals surface area contributed by atoms with Crippen molar-refractivity contribution in [2.45, 2.75) is 19.8 Å². The molecule has 6 heteroatoms. The van der Waals surface area contributed by atoms with E-state index in [1.807, 2.05) is 13.0 Å². The van der Waals surface area contributed by atoms with Gasteiger partial charge in [-0.3, -0.25) is 0 Å². The van der Waals surface area contributed by atoms with Crippen LogP contribution in [0.15, 0.2) is 16.6 Å². The van der Waals surface area contributed by atoms with Gasteiger partial charge in [0.1, 0.15) is 6.07 Å². The van der Waals surface area contributed by atoms with E-state index in [1.165, 1.54) is 12.1 Å². The molecule has 0 amide bonds. The molecule has 1 aromatic rings. The Labute approximate surface area is 118 Å². The third-order valence-corrected chi connectivity index (χ3v) is 3.07. The van der Waals surface area contributed by atoms with Crippen molar-refractivity contribution in [2.75, 3.05) is 6.61 Å². The zero-order valence-electron chi connectivity index (χ0n) is 10.3. The molecule has 19 heavy (non-hydrogen) atoms. The molecular weight excluding hydrogens is 314 g/mol. The van der Waals surface area contributed by atoms with E-state index in [4.69, 9.17) is 15.1 Å². The number of unbranched alkanes of at least 4 members (excludes halogenated alkanes) is 1. The summed E-state index contributed by atoms with van der Waals surface area (Å²) in [5.74, 6) is -1.97. The molecular formula is C13H12BrNO4. The maximum atomic E-state index is 11.8. The molecule has 1 N–H and O–H groups in total. The van der Waals surface area contributed by atoms with Crippen LogP contribution in [0.5, 0.6) is 0 Å². The maximum absolute atomic E-state index is 11.8. The Balaban J connectivity index is 3.13. The second-order valence-corrected chi connectivity index (χ2v) is 4.64. The van der Waals surface area contributed by atoms with Crippen LogP contribution in [0.2, 0.25) is 0 Å². The minimum atomic E-state index is -1.24. The Hall–Kier alpha value is -1.87. The molecule has 0 aliphatic heterocycles. The first-order chi connectivity index (χ1) is 9.01. The number of halogens is 1. The van der Waals surface area contributed by atoms with Gasteiger partial charge >= 0.3 is 11.9 Å². The van der Waals surface area contributed by atoms with Crippen LogP contribution >= 0.6 is 15.9 Å². The first kappa shape index (κ1) is 15.2. The Morgan fingerprint density at radius 1 is 1.42 bits per heavy atom. The molecule has 0 saturated carbocycles. The number of hydrogen-bond donors (Lipinski definition) is 1. The lowest BCUT2D eigenvalue weighted by Crippen LogP contribution is -2.13. The molecule has 0 heterocycles. The number of aromatic carboxylic acids is 1. The quantitative estimate of drug-likeness (QED) is 0.664. The van der Waals surface area contributed by atoms with Crippen molar-refractivity contribution in [3.05, 3.63) is 33.3 Å². The number of rotatable bonds is 5. The molecule has 100 valence electrons. The van der Waals surface area contributed by atoms with E-state index in [-0.39, 0.29) is 23.3 Å². The summed E-state index contributed by atoms with van der Waals surface area (Å²) in [6, 6.07) is 4.33. The molecule has 0 radical (unpaired) electrons. The van der Waals surface area contributed by atoms with Crippen molar-refractivity contribution >= 4 is 27.9 Å². The largest absolute Gasteiger partial charge is 0.478 e. The minimum Gasteiger partial charge on any atom is -0.478 e. The third-order valence-electron chi connectivity index (χ3n) is 2.41. The highest BCUT2D eigenvalue weighted by Crippen LogP contribution is 2.22. The van der Waals surface area contributed by atoms with Crippen molar-refractivity contribution in [1.82, 2.24) is 0 Å². The average molecular weight is 326 g/mol. The number of nitrogens with zero attached hydrogens (tertiary/aromatic N) is 1. The van der Waals surface area contributed by atoms with Crippen LogP contribution in [0.25, 0.3) is 0 Å². The van der Waals surface area contributed by atoms with Gasteiger partial charge in [-0.25, -0.2) is 9.59 Å². The van der Waals surface area contributed by atoms with Crippen LogP contribution in [0.4, 0.5) is 0 Å². The molecule has 0 fully saturated rings. The molecule has 0 atom stereocenters. The number of carboxylic acid groups (broad SMARTS) is 1. The molecule has 0 aliphatic carbocycles. The van der Waals surface area contributed by atoms with Crippen LogP contribution in [0.3, 0.4) is 0 Å². The number of carbonyl (C=O) groups is 2. The molecule has 5 nitrogen and oxygen atoms in total. The molecule has 0 unspecified atom stereocenters. The molecule has 0 bridgehead atoms. The Kier molecular flexibility index (Phi) is 5.52. The van der Waals surface area contributed by atoms with Crippen LogP contribution in [0.1, 0.15) is 46.0 Å². The Morgan fingerprint density at radius 2 is 2.11 bits per heavy atom. The van der Waals surface area contributed by atoms with Gasteiger partial charge in [0.05, 0.1) is 23.3 Å². The normalized spacial score (nSPS) is 9.74. The van der Waals surface area contributed by atoms with Crippen molar-refractivity contribution in [3.8, 4) is 6.07 Å². The van der Waals surface area contributed by atoms with Gasteiger partial charge in [-0.15, -0.1) is 0 Å². The Bertz CT molecular complexity index is 548. The van der Waals surface area contributed by atoms with Crippen molar-refractivity contribution in [3.63, 3.8) is 0 Å². The van der Waals surface area contributed by atoms with E-state index in [2.05, 4.69) is 15.9 Å². The molecule has 1 aromatic carbocycles. The lowest BCUT2D eigenvalue weighted by molar-refractivity contribution is 0.0489. The summed E-state index contributed by atoms with van der Waals surface area (Å²) in [7, 11) is 0. The number of esters is 1. The smallest absolute Gasteiger partial charge is 0.339 e. The fourth-order valence-electron chi connectivity index (χ4n) is 1.39. The average Bonchev–Trinajstić information content (AvgIpc) is 2.38. The summed E-state index contributed by atoms with van der Waals surface area (Å²) >= 11 is 3.08. The predicted octanol–water partition coefficient (Wildman–Crippen LogP) is 2.98. The Morgan fingerprint density at radius 3 is 2.63 bits per heavy atom. The fraction of sp³-hybridized carbons (Fsp3) is 0.308. The number of nitriles is 1. The van der Waals surface area contributed by atoms with Gasteiger partial charge in [-0.2, -0.15) is 5.26 Å². The summed E-state index contributed by atoms with van der Waals surface area (Å²) in [6.07, 6.45) is 1.57. The lowest BCUT2D eigenvalue weighted by Gasteiger charge is -2.08. The number of ether oxygens (including phenoxy) is 1. The zero-order valence-corrected chi connectivity index (χ0v) is 11.9. The first-order valence-electron chi connectivity index (χ1n) is 5.65. The van der Waals surface area contributed by atoms with E-state index >= 15 is 0 Å². The van der Waals surface area contributed by atoms with Crippen LogP contribution in [0, 0.1) is 11.3 Å². The number of carbonyl (C=O) groups excluding carboxylic acids is 1. The van der Waals surface area contributed by atoms with Gasteiger partial charge in [0.15, 0.2) is 0 Å². The number of carboxylic acids is 1. The second-order valence-electron chi connectivity index (χ2n) is 3.78. The fourth-order valence-corrected chi connectivity index (χ4v) is 1.82. The number of benzene rings is 1. The highest BCUT2D eigenvalue weighted by atomic mass is 79.9. The van der Waals surface area contributed by atoms with E-state index in [9.17, 15) is 9.59 Å². The minimum absolute atomic E-state index is 0.108. The molecule has 1 rings (SSSR count). The van der Waals surface area contributed by atoms with Gasteiger partial charge in [0, 0.05) is 4.47 Å². The summed E-state index contributed by atoms with van der Waals surface area (Å²) in [4.78, 5) is 22.9. The molecule has 0 spiro atoms. The predicted molar refractivity (Wildman–Crippen MR) is 71.0 cm³/mol. The van der Waals surface area contributed by atoms with Gasteiger partial charge in [0.25, 0.3) is 0 Å². The van der Waals surface area contributed by atoms with Crippen LogP contribution < -0.4 is 0 Å². The highest BCUT2D eigenvalue weighted by Gasteiger charge is 2.20. The highest BCUT2D eigenvalue weighted by molar-refractivity contribution is 9.10. The number of hydrogen-bond acceptors (Lipinski definition) is 4. The van der Waals surface area contributed by atoms with Gasteiger partial charge in [-0.05, 0) is 34.5 Å². The van der Waals surface area contributed by atoms with Crippen molar-refractivity contribution in [1.29, 1.82) is 5.26 Å². The third kappa shape index (κ3) is 3.80. The SMILES string of the molecule is CCCCOC(=O)c1cc(C#N)c(Br)cc1C(=O)O. The van der Waals surface area contributed by atoms with E-state index in [1.54, 1.807) is 0 Å². The lowest BCUT2D eigenvalue weighted by atomic mass is 10.0. The van der Waals surface area contributed by atoms with Gasteiger partial charge in [-0.1, -0.05) is 13.3 Å². The summed E-state index contributed by atoms with van der Waals surface area (Å²) in [5.41, 5.74) is -0.108. The molecule has 0 aliphatic rings. The van der Waals surface area contributed by atoms with Crippen LogP contribution in [-0.4, -0.2) is 23.7 Å². The van der Waals surface area contributed by atoms with E-state index in [0.717, 1.165) is 6.42 Å². The topological polar surface area (TPSA) is 87.4 Å². The van der Waals surface area contributed by atoms with Gasteiger partial charge in [0.2, 0.25) is 0 Å². The van der Waals surface area contributed by atoms with E-state index in [0.29, 0.717) is 10.9 Å². The van der Waals surface area contributed by atoms with Crippen molar-refractivity contribution < 1.29 is 19.4 Å². The van der Waals surface area contributed by atoms with Crippen LogP contribution in [-0.2, 0) is 4.74 Å². The van der Waals surface area contributed by atoms with Crippen molar-refractivity contribution in [2.24, 2.45) is 0 Å². The first-order valence-corrected chi connectivity index (χ1v) is 6.44.